The van der Waals surface area contributed by atoms with Crippen LogP contribution in [0.15, 0.2) is 12.1 Å². The van der Waals surface area contributed by atoms with Crippen molar-refractivity contribution in [2.45, 2.75) is 38.3 Å². The molecule has 0 saturated carbocycles. The number of nitrogens with two attached hydrogens (primary N) is 1. The molecule has 0 aliphatic rings. The lowest BCUT2D eigenvalue weighted by Crippen LogP contribution is -2.41. The lowest BCUT2D eigenvalue weighted by Gasteiger charge is -2.12. The van der Waals surface area contributed by atoms with E-state index in [0.717, 1.165) is 11.3 Å². The van der Waals surface area contributed by atoms with E-state index >= 15 is 0 Å². The minimum absolute atomic E-state index is 0.0762. The Morgan fingerprint density at radius 1 is 1.39 bits per heavy atom. The zero-order valence-corrected chi connectivity index (χ0v) is 13.6. The minimum Gasteiger partial charge on any atom is -0.480 e. The van der Waals surface area contributed by atoms with E-state index in [-0.39, 0.29) is 17.7 Å². The molecule has 1 aromatic rings. The first-order chi connectivity index (χ1) is 10.6. The van der Waals surface area contributed by atoms with Gasteiger partial charge >= 0.3 is 5.97 Å². The predicted molar refractivity (Wildman–Crippen MR) is 84.8 cm³/mol. The third-order valence-electron chi connectivity index (χ3n) is 2.60. The molecular weight excluding hydrogens is 320 g/mol. The van der Waals surface area contributed by atoms with Crippen LogP contribution in [0.5, 0.6) is 0 Å². The highest BCUT2D eigenvalue weighted by Crippen LogP contribution is 2.16. The number of hydrogen-bond donors (Lipinski definition) is 4. The van der Waals surface area contributed by atoms with E-state index in [1.807, 2.05) is 0 Å². The number of rotatable bonds is 6. The number of amides is 2. The van der Waals surface area contributed by atoms with Gasteiger partial charge < -0.3 is 21.3 Å². The van der Waals surface area contributed by atoms with Gasteiger partial charge in [-0.15, -0.1) is 11.3 Å². The highest BCUT2D eigenvalue weighted by atomic mass is 32.1. The van der Waals surface area contributed by atoms with Crippen molar-refractivity contribution in [1.29, 1.82) is 0 Å². The molecular formula is C15H18N2O5S. The summed E-state index contributed by atoms with van der Waals surface area (Å²) in [6.45, 7) is 3.08. The van der Waals surface area contributed by atoms with Gasteiger partial charge in [0.2, 0.25) is 5.91 Å². The number of aliphatic hydroxyl groups is 1. The van der Waals surface area contributed by atoms with Crippen molar-refractivity contribution >= 4 is 29.1 Å². The maximum Gasteiger partial charge on any atom is 0.326 e. The van der Waals surface area contributed by atoms with Gasteiger partial charge in [0.1, 0.15) is 11.6 Å². The molecule has 0 aliphatic carbocycles. The molecule has 5 N–H and O–H groups in total. The van der Waals surface area contributed by atoms with Gasteiger partial charge in [-0.3, -0.25) is 9.59 Å². The Morgan fingerprint density at radius 2 is 2.04 bits per heavy atom. The van der Waals surface area contributed by atoms with E-state index in [1.165, 1.54) is 19.9 Å². The van der Waals surface area contributed by atoms with E-state index in [4.69, 9.17) is 10.8 Å². The normalized spacial score (nSPS) is 12.0. The summed E-state index contributed by atoms with van der Waals surface area (Å²) in [6.07, 6.45) is -0.211. The highest BCUT2D eigenvalue weighted by molar-refractivity contribution is 7.14. The van der Waals surface area contributed by atoms with Crippen molar-refractivity contribution in [1.82, 2.24) is 5.32 Å². The molecule has 0 aliphatic heterocycles. The monoisotopic (exact) mass is 338 g/mol. The molecule has 1 rings (SSSR count). The third kappa shape index (κ3) is 6.95. The van der Waals surface area contributed by atoms with Crippen molar-refractivity contribution in [3.05, 3.63) is 21.9 Å². The van der Waals surface area contributed by atoms with Gasteiger partial charge in [0.25, 0.3) is 5.91 Å². The van der Waals surface area contributed by atoms with Crippen molar-refractivity contribution in [2.24, 2.45) is 5.73 Å². The van der Waals surface area contributed by atoms with E-state index in [1.54, 1.807) is 6.07 Å². The van der Waals surface area contributed by atoms with Crippen LogP contribution in [0.1, 0.15) is 41.2 Å². The Hall–Kier alpha value is -2.37. The van der Waals surface area contributed by atoms with Crippen LogP contribution < -0.4 is 11.1 Å². The van der Waals surface area contributed by atoms with Gasteiger partial charge in [0.15, 0.2) is 0 Å². The average molecular weight is 338 g/mol. The summed E-state index contributed by atoms with van der Waals surface area (Å²) in [6, 6.07) is 1.93. The summed E-state index contributed by atoms with van der Waals surface area (Å²) in [7, 11) is 0. The van der Waals surface area contributed by atoms with Crippen LogP contribution in [-0.2, 0) is 9.59 Å². The Balaban J connectivity index is 2.76. The molecule has 0 unspecified atom stereocenters. The summed E-state index contributed by atoms with van der Waals surface area (Å²) < 4.78 is 0. The van der Waals surface area contributed by atoms with Crippen LogP contribution in [0.25, 0.3) is 0 Å². The minimum atomic E-state index is -1.24. The Labute approximate surface area is 137 Å². The number of aliphatic carboxylic acids is 1. The fourth-order valence-electron chi connectivity index (χ4n) is 1.51. The molecule has 0 radical (unpaired) electrons. The fourth-order valence-corrected chi connectivity index (χ4v) is 2.28. The SMILES string of the molecule is CC(C)(O)C#Cc1ccc(C(=O)N[C@@H](CCC(N)=O)C(=O)O)s1. The molecule has 0 bridgehead atoms. The van der Waals surface area contributed by atoms with E-state index in [2.05, 4.69) is 17.2 Å². The molecule has 1 atom stereocenters. The number of primary amides is 1. The van der Waals surface area contributed by atoms with Crippen molar-refractivity contribution in [3.8, 4) is 11.8 Å². The number of carboxylic acids is 1. The van der Waals surface area contributed by atoms with Crippen LogP contribution in [0.2, 0.25) is 0 Å². The molecule has 23 heavy (non-hydrogen) atoms. The molecule has 7 nitrogen and oxygen atoms in total. The summed E-state index contributed by atoms with van der Waals surface area (Å²) in [4.78, 5) is 34.7. The molecule has 0 saturated heterocycles. The summed E-state index contributed by atoms with van der Waals surface area (Å²) >= 11 is 1.08. The van der Waals surface area contributed by atoms with Gasteiger partial charge in [0, 0.05) is 6.42 Å². The molecule has 2 amide bonds. The van der Waals surface area contributed by atoms with Crippen LogP contribution >= 0.6 is 11.3 Å². The second-order valence-corrected chi connectivity index (χ2v) is 6.43. The number of nitrogens with one attached hydrogen (secondary N) is 1. The Bertz CT molecular complexity index is 663. The van der Waals surface area contributed by atoms with Gasteiger partial charge in [-0.25, -0.2) is 4.79 Å². The lowest BCUT2D eigenvalue weighted by atomic mass is 10.1. The zero-order valence-electron chi connectivity index (χ0n) is 12.8. The zero-order chi connectivity index (χ0) is 17.6. The highest BCUT2D eigenvalue weighted by Gasteiger charge is 2.22. The molecule has 0 aromatic carbocycles. The predicted octanol–water partition coefficient (Wildman–Crippen LogP) is 0.319. The summed E-state index contributed by atoms with van der Waals surface area (Å²) in [5.41, 5.74) is 3.83. The second kappa shape index (κ2) is 7.76. The quantitative estimate of drug-likeness (QED) is 0.555. The van der Waals surface area contributed by atoms with Gasteiger partial charge in [-0.1, -0.05) is 11.8 Å². The number of carbonyl (C=O) groups is 3. The van der Waals surface area contributed by atoms with Crippen LogP contribution in [0.3, 0.4) is 0 Å². The van der Waals surface area contributed by atoms with E-state index < -0.39 is 29.4 Å². The van der Waals surface area contributed by atoms with Crippen LogP contribution in [0, 0.1) is 11.8 Å². The standard InChI is InChI=1S/C15H18N2O5S/c1-15(2,22)8-7-9-3-5-11(23-9)13(19)17-10(14(20)21)4-6-12(16)18/h3,5,10,22H,4,6H2,1-2H3,(H2,16,18)(H,17,19)(H,20,21)/t10-/m0/s1. The first-order valence-electron chi connectivity index (χ1n) is 6.76. The third-order valence-corrected chi connectivity index (χ3v) is 3.60. The molecule has 1 heterocycles. The van der Waals surface area contributed by atoms with Gasteiger partial charge in [-0.05, 0) is 32.4 Å². The Morgan fingerprint density at radius 3 is 2.57 bits per heavy atom. The number of thiophene rings is 1. The first kappa shape index (κ1) is 18.7. The van der Waals surface area contributed by atoms with Crippen molar-refractivity contribution in [2.75, 3.05) is 0 Å². The lowest BCUT2D eigenvalue weighted by molar-refractivity contribution is -0.139. The van der Waals surface area contributed by atoms with Crippen LogP contribution in [0.4, 0.5) is 0 Å². The second-order valence-electron chi connectivity index (χ2n) is 5.34. The number of carboxylic acid groups (broad SMARTS) is 1. The maximum absolute atomic E-state index is 12.0. The van der Waals surface area contributed by atoms with E-state index in [0.29, 0.717) is 4.88 Å². The smallest absolute Gasteiger partial charge is 0.326 e. The first-order valence-corrected chi connectivity index (χ1v) is 7.57. The molecule has 124 valence electrons. The molecule has 1 aromatic heterocycles. The number of carbonyl (C=O) groups excluding carboxylic acids is 2. The topological polar surface area (TPSA) is 130 Å². The van der Waals surface area contributed by atoms with Crippen LogP contribution in [-0.4, -0.2) is 39.6 Å². The van der Waals surface area contributed by atoms with Crippen molar-refractivity contribution in [3.63, 3.8) is 0 Å². The number of hydrogen-bond acceptors (Lipinski definition) is 5. The summed E-state index contributed by atoms with van der Waals surface area (Å²) in [5, 5.41) is 20.9. The van der Waals surface area contributed by atoms with Gasteiger partial charge in [-0.2, -0.15) is 0 Å². The molecule has 0 spiro atoms. The van der Waals surface area contributed by atoms with E-state index in [9.17, 15) is 19.5 Å². The molecule has 8 heteroatoms. The maximum atomic E-state index is 12.0. The summed E-state index contributed by atoms with van der Waals surface area (Å²) in [5.74, 6) is 2.92. The Kier molecular flexibility index (Phi) is 6.30. The molecule has 0 fully saturated rings. The fraction of sp³-hybridized carbons (Fsp3) is 0.400. The van der Waals surface area contributed by atoms with Gasteiger partial charge in [0.05, 0.1) is 9.75 Å². The van der Waals surface area contributed by atoms with Crippen molar-refractivity contribution < 1.29 is 24.6 Å². The average Bonchev–Trinajstić information content (AvgIpc) is 2.88. The largest absolute Gasteiger partial charge is 0.480 e.